The number of hydrogen-bond donors (Lipinski definition) is 1. The predicted octanol–water partition coefficient (Wildman–Crippen LogP) is 1.77. The average molecular weight is 236 g/mol. The smallest absolute Gasteiger partial charge is 0.125 e. The van der Waals surface area contributed by atoms with Crippen LogP contribution in [0.25, 0.3) is 0 Å². The Labute approximate surface area is 100 Å². The summed E-state index contributed by atoms with van der Waals surface area (Å²) < 4.78 is 18.7. The Morgan fingerprint density at radius 2 is 2.00 bits per heavy atom. The first-order chi connectivity index (χ1) is 8.20. The number of nitrogens with zero attached hydrogens (tertiary/aromatic N) is 1. The molecule has 0 radical (unpaired) electrons. The van der Waals surface area contributed by atoms with Crippen molar-refractivity contribution in [2.75, 3.05) is 18.8 Å². The Balaban J connectivity index is 1.70. The molecule has 4 heteroatoms. The van der Waals surface area contributed by atoms with Gasteiger partial charge in [0.25, 0.3) is 0 Å². The maximum absolute atomic E-state index is 12.9. The summed E-state index contributed by atoms with van der Waals surface area (Å²) in [6, 6.07) is 4.65. The molecule has 2 unspecified atom stereocenters. The lowest BCUT2D eigenvalue weighted by Gasteiger charge is -2.32. The molecule has 1 aromatic carbocycles. The van der Waals surface area contributed by atoms with Crippen LogP contribution in [-0.2, 0) is 11.3 Å². The third-order valence-electron chi connectivity index (χ3n) is 3.62. The molecule has 2 fully saturated rings. The van der Waals surface area contributed by atoms with Crippen molar-refractivity contribution in [1.82, 2.24) is 4.90 Å². The van der Waals surface area contributed by atoms with Gasteiger partial charge in [-0.15, -0.1) is 0 Å². The van der Waals surface area contributed by atoms with E-state index in [-0.39, 0.29) is 5.82 Å². The zero-order valence-electron chi connectivity index (χ0n) is 9.73. The van der Waals surface area contributed by atoms with Crippen molar-refractivity contribution in [3.05, 3.63) is 29.6 Å². The fourth-order valence-corrected chi connectivity index (χ4v) is 2.78. The van der Waals surface area contributed by atoms with Gasteiger partial charge in [-0.05, 0) is 30.5 Å². The van der Waals surface area contributed by atoms with Gasteiger partial charge >= 0.3 is 0 Å². The van der Waals surface area contributed by atoms with Crippen LogP contribution in [0.15, 0.2) is 18.2 Å². The van der Waals surface area contributed by atoms with Crippen LogP contribution in [0.5, 0.6) is 0 Å². The van der Waals surface area contributed by atoms with Gasteiger partial charge in [-0.3, -0.25) is 4.90 Å². The van der Waals surface area contributed by atoms with Crippen LogP contribution < -0.4 is 5.73 Å². The van der Waals surface area contributed by atoms with E-state index in [1.165, 1.54) is 25.0 Å². The minimum Gasteiger partial charge on any atom is -0.398 e. The Hall–Kier alpha value is -1.13. The van der Waals surface area contributed by atoms with Crippen LogP contribution in [0.4, 0.5) is 10.1 Å². The monoisotopic (exact) mass is 236 g/mol. The van der Waals surface area contributed by atoms with Crippen LogP contribution >= 0.6 is 0 Å². The number of anilines is 1. The van der Waals surface area contributed by atoms with E-state index in [1.54, 1.807) is 6.07 Å². The minimum atomic E-state index is -0.270. The molecule has 0 spiro atoms. The average Bonchev–Trinajstić information content (AvgIpc) is 2.62. The molecule has 2 bridgehead atoms. The van der Waals surface area contributed by atoms with Crippen molar-refractivity contribution in [3.63, 3.8) is 0 Å². The second kappa shape index (κ2) is 4.27. The summed E-state index contributed by atoms with van der Waals surface area (Å²) in [6.45, 7) is 2.73. The van der Waals surface area contributed by atoms with Crippen molar-refractivity contribution >= 4 is 5.69 Å². The number of morpholine rings is 1. The summed E-state index contributed by atoms with van der Waals surface area (Å²) in [5.41, 5.74) is 7.38. The number of nitrogens with two attached hydrogens (primary N) is 1. The SMILES string of the molecule is Nc1cc(F)ccc1CN1CC2CCC(C1)O2. The number of likely N-dealkylation sites (tertiary alicyclic amines) is 1. The molecule has 2 heterocycles. The quantitative estimate of drug-likeness (QED) is 0.795. The molecule has 2 saturated heterocycles. The van der Waals surface area contributed by atoms with E-state index in [0.29, 0.717) is 17.9 Å². The molecule has 0 aromatic heterocycles. The van der Waals surface area contributed by atoms with Gasteiger partial charge in [0, 0.05) is 25.3 Å². The van der Waals surface area contributed by atoms with Gasteiger partial charge in [-0.25, -0.2) is 4.39 Å². The van der Waals surface area contributed by atoms with Gasteiger partial charge in [0.05, 0.1) is 12.2 Å². The highest BCUT2D eigenvalue weighted by atomic mass is 19.1. The van der Waals surface area contributed by atoms with Gasteiger partial charge in [0.2, 0.25) is 0 Å². The topological polar surface area (TPSA) is 38.5 Å². The molecule has 2 aliphatic rings. The first-order valence-electron chi connectivity index (χ1n) is 6.12. The molecule has 17 heavy (non-hydrogen) atoms. The highest BCUT2D eigenvalue weighted by molar-refractivity contribution is 5.46. The molecule has 0 aliphatic carbocycles. The fourth-order valence-electron chi connectivity index (χ4n) is 2.78. The van der Waals surface area contributed by atoms with Crippen molar-refractivity contribution in [1.29, 1.82) is 0 Å². The van der Waals surface area contributed by atoms with E-state index < -0.39 is 0 Å². The van der Waals surface area contributed by atoms with E-state index in [9.17, 15) is 4.39 Å². The lowest BCUT2D eigenvalue weighted by Crippen LogP contribution is -2.42. The number of halogens is 1. The van der Waals surface area contributed by atoms with Crippen LogP contribution in [0.3, 0.4) is 0 Å². The number of fused-ring (bicyclic) bond motifs is 2. The molecule has 2 N–H and O–H groups in total. The lowest BCUT2D eigenvalue weighted by molar-refractivity contribution is -0.0410. The van der Waals surface area contributed by atoms with Gasteiger partial charge in [-0.2, -0.15) is 0 Å². The molecular formula is C13H17FN2O. The molecular weight excluding hydrogens is 219 g/mol. The number of benzene rings is 1. The largest absolute Gasteiger partial charge is 0.398 e. The summed E-state index contributed by atoms with van der Waals surface area (Å²) >= 11 is 0. The van der Waals surface area contributed by atoms with E-state index in [1.807, 2.05) is 0 Å². The fraction of sp³-hybridized carbons (Fsp3) is 0.538. The minimum absolute atomic E-state index is 0.270. The standard InChI is InChI=1S/C13H17FN2O/c14-10-2-1-9(13(15)5-10)6-16-7-11-3-4-12(8-16)17-11/h1-2,5,11-12H,3-4,6-8,15H2. The molecule has 92 valence electrons. The van der Waals surface area contributed by atoms with Crippen molar-refractivity contribution in [3.8, 4) is 0 Å². The zero-order chi connectivity index (χ0) is 11.8. The highest BCUT2D eigenvalue weighted by Gasteiger charge is 2.33. The Morgan fingerprint density at radius 3 is 2.65 bits per heavy atom. The van der Waals surface area contributed by atoms with E-state index in [4.69, 9.17) is 10.5 Å². The summed E-state index contributed by atoms with van der Waals surface area (Å²) in [4.78, 5) is 2.36. The van der Waals surface area contributed by atoms with E-state index >= 15 is 0 Å². The second-order valence-electron chi connectivity index (χ2n) is 4.99. The first-order valence-corrected chi connectivity index (χ1v) is 6.12. The van der Waals surface area contributed by atoms with Gasteiger partial charge in [0.15, 0.2) is 0 Å². The number of rotatable bonds is 2. The normalized spacial score (nSPS) is 28.5. The first kappa shape index (κ1) is 11.0. The molecule has 3 nitrogen and oxygen atoms in total. The van der Waals surface area contributed by atoms with E-state index in [0.717, 1.165) is 25.2 Å². The number of ether oxygens (including phenoxy) is 1. The van der Waals surface area contributed by atoms with Gasteiger partial charge in [0.1, 0.15) is 5.82 Å². The van der Waals surface area contributed by atoms with Crippen LogP contribution in [0, 0.1) is 5.82 Å². The molecule has 3 rings (SSSR count). The maximum atomic E-state index is 12.9. The summed E-state index contributed by atoms with van der Waals surface area (Å²) in [5.74, 6) is -0.270. The third-order valence-corrected chi connectivity index (χ3v) is 3.62. The summed E-state index contributed by atoms with van der Waals surface area (Å²) in [7, 11) is 0. The van der Waals surface area contributed by atoms with Crippen LogP contribution in [-0.4, -0.2) is 30.2 Å². The van der Waals surface area contributed by atoms with Crippen LogP contribution in [0.2, 0.25) is 0 Å². The maximum Gasteiger partial charge on any atom is 0.125 e. The molecule has 0 saturated carbocycles. The van der Waals surface area contributed by atoms with E-state index in [2.05, 4.69) is 4.90 Å². The van der Waals surface area contributed by atoms with Crippen LogP contribution in [0.1, 0.15) is 18.4 Å². The highest BCUT2D eigenvalue weighted by Crippen LogP contribution is 2.27. The number of nitrogen functional groups attached to an aromatic ring is 1. The second-order valence-corrected chi connectivity index (χ2v) is 4.99. The molecule has 0 amide bonds. The van der Waals surface area contributed by atoms with Crippen molar-refractivity contribution in [2.45, 2.75) is 31.6 Å². The molecule has 1 aromatic rings. The third kappa shape index (κ3) is 2.28. The van der Waals surface area contributed by atoms with Gasteiger partial charge in [-0.1, -0.05) is 6.07 Å². The Morgan fingerprint density at radius 1 is 1.29 bits per heavy atom. The lowest BCUT2D eigenvalue weighted by atomic mass is 10.1. The zero-order valence-corrected chi connectivity index (χ0v) is 9.73. The summed E-state index contributed by atoms with van der Waals surface area (Å²) in [6.07, 6.45) is 3.10. The predicted molar refractivity (Wildman–Crippen MR) is 64.0 cm³/mol. The number of hydrogen-bond acceptors (Lipinski definition) is 3. The summed E-state index contributed by atoms with van der Waals surface area (Å²) in [5, 5.41) is 0. The molecule has 2 atom stereocenters. The van der Waals surface area contributed by atoms with Crippen molar-refractivity contribution < 1.29 is 9.13 Å². The molecule has 2 aliphatic heterocycles. The van der Waals surface area contributed by atoms with Crippen molar-refractivity contribution in [2.24, 2.45) is 0 Å². The Kier molecular flexibility index (Phi) is 2.76. The Bertz CT molecular complexity index is 412. The van der Waals surface area contributed by atoms with Gasteiger partial charge < -0.3 is 10.5 Å².